The highest BCUT2D eigenvalue weighted by atomic mass is 19.1. The molecule has 1 unspecified atom stereocenters. The van der Waals surface area contributed by atoms with Crippen LogP contribution in [-0.4, -0.2) is 46.9 Å². The Morgan fingerprint density at radius 1 is 1.22 bits per heavy atom. The Balaban J connectivity index is 1.60. The Bertz CT molecular complexity index is 1400. The fraction of sp³-hybridized carbons (Fsp3) is 0.190. The van der Waals surface area contributed by atoms with Gasteiger partial charge in [0.05, 0.1) is 18.4 Å². The van der Waals surface area contributed by atoms with Crippen LogP contribution in [0.5, 0.6) is 0 Å². The topological polar surface area (TPSA) is 136 Å². The number of pyridine rings is 1. The minimum absolute atomic E-state index is 0.133. The number of hydrogen-bond acceptors (Lipinski definition) is 7. The van der Waals surface area contributed by atoms with Crippen LogP contribution in [0.4, 0.5) is 10.2 Å². The lowest BCUT2D eigenvalue weighted by molar-refractivity contribution is -0.140. The first-order valence-corrected chi connectivity index (χ1v) is 9.70. The molecule has 0 spiro atoms. The van der Waals surface area contributed by atoms with Gasteiger partial charge in [0.1, 0.15) is 22.6 Å². The molecule has 1 atom stereocenters. The van der Waals surface area contributed by atoms with E-state index in [0.29, 0.717) is 22.3 Å². The van der Waals surface area contributed by atoms with Gasteiger partial charge in [0.25, 0.3) is 0 Å². The quantitative estimate of drug-likeness (QED) is 0.489. The molecule has 4 aromatic rings. The molecule has 10 nitrogen and oxygen atoms in total. The van der Waals surface area contributed by atoms with Crippen molar-refractivity contribution in [1.29, 1.82) is 0 Å². The van der Waals surface area contributed by atoms with Gasteiger partial charge in [0.15, 0.2) is 11.5 Å². The van der Waals surface area contributed by atoms with Crippen LogP contribution in [0.2, 0.25) is 0 Å². The second kappa shape index (κ2) is 7.15. The molecule has 1 aromatic carbocycles. The number of rotatable bonds is 5. The van der Waals surface area contributed by atoms with Crippen molar-refractivity contribution in [3.05, 3.63) is 59.7 Å². The number of aromatic nitrogens is 6. The lowest BCUT2D eigenvalue weighted by Crippen LogP contribution is -2.34. The van der Waals surface area contributed by atoms with Crippen LogP contribution in [0.25, 0.3) is 22.6 Å². The minimum atomic E-state index is -1.37. The van der Waals surface area contributed by atoms with Gasteiger partial charge in [-0.25, -0.2) is 19.0 Å². The second-order valence-corrected chi connectivity index (χ2v) is 7.66. The van der Waals surface area contributed by atoms with E-state index in [2.05, 4.69) is 30.6 Å². The average Bonchev–Trinajstić information content (AvgIpc) is 3.24. The molecule has 0 fully saturated rings. The van der Waals surface area contributed by atoms with E-state index in [-0.39, 0.29) is 29.7 Å². The van der Waals surface area contributed by atoms with E-state index in [4.69, 9.17) is 0 Å². The van der Waals surface area contributed by atoms with Gasteiger partial charge >= 0.3 is 5.97 Å². The zero-order valence-corrected chi connectivity index (χ0v) is 16.8. The van der Waals surface area contributed by atoms with Gasteiger partial charge in [-0.15, -0.1) is 10.2 Å². The predicted octanol–water partition coefficient (Wildman–Crippen LogP) is 2.16. The summed E-state index contributed by atoms with van der Waals surface area (Å²) in [5.41, 5.74) is 0.115. The van der Waals surface area contributed by atoms with Gasteiger partial charge in [-0.1, -0.05) is 18.2 Å². The Kier molecular flexibility index (Phi) is 4.40. The lowest BCUT2D eigenvalue weighted by atomic mass is 9.85. The molecular formula is C21H16FN7O3. The molecule has 0 bridgehead atoms. The lowest BCUT2D eigenvalue weighted by Gasteiger charge is -2.17. The summed E-state index contributed by atoms with van der Waals surface area (Å²) in [5.74, 6) is -1.72. The first-order valence-electron chi connectivity index (χ1n) is 9.70. The van der Waals surface area contributed by atoms with E-state index in [1.807, 2.05) is 0 Å². The van der Waals surface area contributed by atoms with E-state index in [1.54, 1.807) is 41.2 Å². The van der Waals surface area contributed by atoms with E-state index >= 15 is 0 Å². The van der Waals surface area contributed by atoms with Gasteiger partial charge in [0, 0.05) is 11.8 Å². The largest absolute Gasteiger partial charge is 0.481 e. The first kappa shape index (κ1) is 19.7. The van der Waals surface area contributed by atoms with Crippen LogP contribution < -0.4 is 5.32 Å². The first-order chi connectivity index (χ1) is 15.4. The maximum Gasteiger partial charge on any atom is 0.304 e. The number of benzene rings is 1. The summed E-state index contributed by atoms with van der Waals surface area (Å²) in [6.07, 6.45) is 1.16. The normalized spacial score (nSPS) is 17.4. The molecule has 0 radical (unpaired) electrons. The third-order valence-corrected chi connectivity index (χ3v) is 5.44. The number of hydrogen-bond donors (Lipinski definition) is 2. The van der Waals surface area contributed by atoms with Crippen molar-refractivity contribution in [3.8, 4) is 11.5 Å². The zero-order chi connectivity index (χ0) is 22.5. The Hall–Kier alpha value is -4.28. The molecule has 1 aliphatic heterocycles. The molecule has 3 aromatic heterocycles. The Morgan fingerprint density at radius 2 is 2.03 bits per heavy atom. The summed E-state index contributed by atoms with van der Waals surface area (Å²) in [5, 5.41) is 25.2. The predicted molar refractivity (Wildman–Crippen MR) is 110 cm³/mol. The summed E-state index contributed by atoms with van der Waals surface area (Å²) in [6, 6.07) is 9.90. The van der Waals surface area contributed by atoms with Crippen LogP contribution in [0, 0.1) is 5.82 Å². The second-order valence-electron chi connectivity index (χ2n) is 7.66. The number of fused-ring (bicyclic) bond motifs is 2. The highest BCUT2D eigenvalue weighted by molar-refractivity contribution is 6.06. The number of carboxylic acids is 1. The van der Waals surface area contributed by atoms with Crippen molar-refractivity contribution in [2.45, 2.75) is 25.3 Å². The van der Waals surface area contributed by atoms with E-state index in [9.17, 15) is 19.1 Å². The molecule has 32 heavy (non-hydrogen) atoms. The SMILES string of the molecule is CC1(CC(=O)O)C(=O)Nc2nc(-c3nn(Cc4ccccc4F)c4ncccc34)nnc21. The van der Waals surface area contributed by atoms with E-state index in [0.717, 1.165) is 0 Å². The molecule has 4 heterocycles. The van der Waals surface area contributed by atoms with Crippen molar-refractivity contribution in [2.75, 3.05) is 5.32 Å². The number of carboxylic acid groups (broad SMARTS) is 1. The molecule has 0 saturated heterocycles. The number of halogens is 1. The third-order valence-electron chi connectivity index (χ3n) is 5.44. The van der Waals surface area contributed by atoms with Crippen molar-refractivity contribution < 1.29 is 19.1 Å². The average molecular weight is 433 g/mol. The number of carbonyl (C=O) groups is 2. The van der Waals surface area contributed by atoms with Gasteiger partial charge in [-0.05, 0) is 25.1 Å². The number of carbonyl (C=O) groups excluding carboxylic acids is 1. The Labute approximate surface area is 180 Å². The van der Waals surface area contributed by atoms with Gasteiger partial charge in [-0.3, -0.25) is 9.59 Å². The van der Waals surface area contributed by atoms with Gasteiger partial charge in [0.2, 0.25) is 11.7 Å². The number of anilines is 1. The molecule has 2 N–H and O–H groups in total. The molecule has 1 amide bonds. The molecule has 0 saturated carbocycles. The van der Waals surface area contributed by atoms with Gasteiger partial charge < -0.3 is 10.4 Å². The van der Waals surface area contributed by atoms with Crippen molar-refractivity contribution in [1.82, 2.24) is 29.9 Å². The highest BCUT2D eigenvalue weighted by Gasteiger charge is 2.47. The van der Waals surface area contributed by atoms with Crippen LogP contribution in [0.3, 0.4) is 0 Å². The Morgan fingerprint density at radius 3 is 2.81 bits per heavy atom. The summed E-state index contributed by atoms with van der Waals surface area (Å²) in [7, 11) is 0. The van der Waals surface area contributed by atoms with Crippen molar-refractivity contribution in [2.24, 2.45) is 0 Å². The van der Waals surface area contributed by atoms with E-state index < -0.39 is 23.7 Å². The van der Waals surface area contributed by atoms with Crippen molar-refractivity contribution in [3.63, 3.8) is 0 Å². The maximum absolute atomic E-state index is 14.2. The fourth-order valence-electron chi connectivity index (χ4n) is 3.78. The molecule has 1 aliphatic rings. The summed E-state index contributed by atoms with van der Waals surface area (Å²) < 4.78 is 15.7. The van der Waals surface area contributed by atoms with Crippen LogP contribution in [0.1, 0.15) is 24.6 Å². The monoisotopic (exact) mass is 433 g/mol. The van der Waals surface area contributed by atoms with Crippen molar-refractivity contribution >= 4 is 28.7 Å². The maximum atomic E-state index is 14.2. The fourth-order valence-corrected chi connectivity index (χ4v) is 3.78. The summed E-state index contributed by atoms with van der Waals surface area (Å²) in [4.78, 5) is 32.4. The van der Waals surface area contributed by atoms with E-state index in [1.165, 1.54) is 13.0 Å². The number of amides is 1. The molecule has 0 aliphatic carbocycles. The molecule has 160 valence electrons. The van der Waals surface area contributed by atoms with Gasteiger partial charge in [-0.2, -0.15) is 5.10 Å². The minimum Gasteiger partial charge on any atom is -0.481 e. The third kappa shape index (κ3) is 3.06. The molecule has 11 heteroatoms. The smallest absolute Gasteiger partial charge is 0.304 e. The standard InChI is InChI=1S/C21H16FN7O3/c1-21(9-14(30)31)16-18(25-20(21)32)24-17(27-26-16)15-12-6-4-8-23-19(12)29(28-15)10-11-5-2-3-7-13(11)22/h2-8H,9-10H2,1H3,(H,30,31)(H,24,25,27,32). The zero-order valence-electron chi connectivity index (χ0n) is 16.8. The van der Waals surface area contributed by atoms with Crippen LogP contribution in [0.15, 0.2) is 42.6 Å². The van der Waals surface area contributed by atoms with Crippen LogP contribution in [-0.2, 0) is 21.5 Å². The number of aliphatic carboxylic acids is 1. The summed E-state index contributed by atoms with van der Waals surface area (Å²) >= 11 is 0. The molecule has 5 rings (SSSR count). The highest BCUT2D eigenvalue weighted by Crippen LogP contribution is 2.38. The summed E-state index contributed by atoms with van der Waals surface area (Å²) in [6.45, 7) is 1.63. The number of nitrogens with one attached hydrogen (secondary N) is 1. The van der Waals surface area contributed by atoms with Crippen LogP contribution >= 0.6 is 0 Å². The molecular weight excluding hydrogens is 417 g/mol. The number of nitrogens with zero attached hydrogens (tertiary/aromatic N) is 6.